The molecule has 1 saturated carbocycles. The van der Waals surface area contributed by atoms with E-state index >= 15 is 0 Å². The average Bonchev–Trinajstić information content (AvgIpc) is 3.05. The van der Waals surface area contributed by atoms with E-state index in [1.54, 1.807) is 19.3 Å². The Labute approximate surface area is 207 Å². The van der Waals surface area contributed by atoms with E-state index in [0.29, 0.717) is 18.4 Å². The molecule has 0 aromatic carbocycles. The molecule has 8 atom stereocenters. The van der Waals surface area contributed by atoms with E-state index in [0.717, 1.165) is 18.4 Å². The van der Waals surface area contributed by atoms with Gasteiger partial charge in [0, 0.05) is 33.5 Å². The molecule has 8 nitrogen and oxygen atoms in total. The van der Waals surface area contributed by atoms with Crippen LogP contribution in [0.3, 0.4) is 0 Å². The number of hydrogen-bond donors (Lipinski definition) is 0. The summed E-state index contributed by atoms with van der Waals surface area (Å²) in [6, 6.07) is 0. The van der Waals surface area contributed by atoms with Crippen LogP contribution in [0.2, 0.25) is 0 Å². The van der Waals surface area contributed by atoms with Crippen LogP contribution in [0.25, 0.3) is 0 Å². The first-order chi connectivity index (χ1) is 16.4. The zero-order valence-corrected chi connectivity index (χ0v) is 21.6. The fraction of sp³-hybridized carbons (Fsp3) is 0.667. The Morgan fingerprint density at radius 2 is 1.74 bits per heavy atom. The summed E-state index contributed by atoms with van der Waals surface area (Å²) >= 11 is 0. The van der Waals surface area contributed by atoms with Gasteiger partial charge in [0.25, 0.3) is 0 Å². The molecule has 0 amide bonds. The van der Waals surface area contributed by atoms with Crippen LogP contribution in [-0.4, -0.2) is 49.8 Å². The fourth-order valence-corrected chi connectivity index (χ4v) is 6.49. The topological polar surface area (TPSA) is 97.4 Å². The monoisotopic (exact) mass is 490 g/mol. The van der Waals surface area contributed by atoms with Crippen molar-refractivity contribution in [2.45, 2.75) is 85.1 Å². The average molecular weight is 491 g/mol. The summed E-state index contributed by atoms with van der Waals surface area (Å²) in [4.78, 5) is 36.1. The zero-order valence-electron chi connectivity index (χ0n) is 21.6. The summed E-state index contributed by atoms with van der Waals surface area (Å²) in [5, 5.41) is 0. The Hall–Kier alpha value is -2.45. The van der Waals surface area contributed by atoms with Crippen molar-refractivity contribution in [3.8, 4) is 0 Å². The molecule has 0 aromatic heterocycles. The van der Waals surface area contributed by atoms with Gasteiger partial charge < -0.3 is 18.9 Å². The second kappa shape index (κ2) is 10.3. The van der Waals surface area contributed by atoms with Gasteiger partial charge in [-0.25, -0.2) is 0 Å². The number of ether oxygens (including phenoxy) is 5. The van der Waals surface area contributed by atoms with Crippen molar-refractivity contribution in [3.63, 3.8) is 0 Å². The summed E-state index contributed by atoms with van der Waals surface area (Å²) in [6.07, 6.45) is 3.18. The number of hydrogen-bond acceptors (Lipinski definition) is 8. The molecule has 3 rings (SSSR count). The van der Waals surface area contributed by atoms with Crippen LogP contribution in [0.4, 0.5) is 0 Å². The van der Waals surface area contributed by atoms with Gasteiger partial charge in [0.1, 0.15) is 6.10 Å². The molecule has 0 unspecified atom stereocenters. The molecule has 0 aromatic rings. The molecule has 35 heavy (non-hydrogen) atoms. The van der Waals surface area contributed by atoms with E-state index in [2.05, 4.69) is 27.0 Å². The normalized spacial score (nSPS) is 37.8. The maximum absolute atomic E-state index is 12.2. The fourth-order valence-electron chi connectivity index (χ4n) is 6.49. The molecule has 194 valence electrons. The van der Waals surface area contributed by atoms with Crippen molar-refractivity contribution in [2.24, 2.45) is 22.7 Å². The van der Waals surface area contributed by atoms with Crippen molar-refractivity contribution < 1.29 is 38.1 Å². The lowest BCUT2D eigenvalue weighted by molar-refractivity contribution is -0.257. The minimum Gasteiger partial charge on any atom is -0.458 e. The lowest BCUT2D eigenvalue weighted by Crippen LogP contribution is -2.63. The van der Waals surface area contributed by atoms with Gasteiger partial charge >= 0.3 is 17.9 Å². The number of carbonyl (C=O) groups excluding carboxylic acids is 3. The highest BCUT2D eigenvalue weighted by Crippen LogP contribution is 2.67. The number of allylic oxidation sites excluding steroid dienone is 2. The third-order valence-electron chi connectivity index (χ3n) is 8.24. The van der Waals surface area contributed by atoms with Gasteiger partial charge in [0.05, 0.1) is 11.5 Å². The maximum atomic E-state index is 12.2. The quantitative estimate of drug-likeness (QED) is 0.216. The van der Waals surface area contributed by atoms with Crippen molar-refractivity contribution in [3.05, 3.63) is 36.5 Å². The Morgan fingerprint density at radius 3 is 2.29 bits per heavy atom. The van der Waals surface area contributed by atoms with Gasteiger partial charge in [0.2, 0.25) is 12.6 Å². The largest absolute Gasteiger partial charge is 0.458 e. The van der Waals surface area contributed by atoms with Crippen LogP contribution in [-0.2, 0) is 38.1 Å². The molecular formula is C27H38O8. The molecule has 8 heteroatoms. The first-order valence-corrected chi connectivity index (χ1v) is 12.1. The van der Waals surface area contributed by atoms with Gasteiger partial charge in [-0.15, -0.1) is 0 Å². The van der Waals surface area contributed by atoms with E-state index in [1.807, 2.05) is 0 Å². The number of methoxy groups -OCH3 is 1. The Bertz CT molecular complexity index is 922. The summed E-state index contributed by atoms with van der Waals surface area (Å²) in [7, 11) is 1.63. The SMILES string of the molecule is C=CC(=C)CC[C@]1(C)[C@H]2C[C@@H](OC(C)=O)C=C3[C@H](OC(C)=O)O[C@H](OC(C)=O)[C@]32[C@H](OC)C[C@@H]1C. The molecule has 1 spiro atoms. The molecule has 2 fully saturated rings. The van der Waals surface area contributed by atoms with E-state index in [4.69, 9.17) is 23.7 Å². The molecular weight excluding hydrogens is 452 g/mol. The number of rotatable bonds is 8. The van der Waals surface area contributed by atoms with Crippen LogP contribution >= 0.6 is 0 Å². The van der Waals surface area contributed by atoms with Gasteiger partial charge in [-0.1, -0.05) is 38.7 Å². The predicted molar refractivity (Wildman–Crippen MR) is 128 cm³/mol. The summed E-state index contributed by atoms with van der Waals surface area (Å²) in [5.41, 5.74) is 0.329. The third kappa shape index (κ3) is 4.83. The van der Waals surface area contributed by atoms with Crippen LogP contribution in [0.15, 0.2) is 36.5 Å². The van der Waals surface area contributed by atoms with Gasteiger partial charge in [-0.3, -0.25) is 19.1 Å². The van der Waals surface area contributed by atoms with E-state index in [-0.39, 0.29) is 23.4 Å². The Kier molecular flexibility index (Phi) is 7.96. The minimum atomic E-state index is -1.09. The highest BCUT2D eigenvalue weighted by molar-refractivity contribution is 5.68. The van der Waals surface area contributed by atoms with Crippen molar-refractivity contribution in [1.29, 1.82) is 0 Å². The molecule has 1 saturated heterocycles. The Balaban J connectivity index is 2.24. The summed E-state index contributed by atoms with van der Waals surface area (Å²) in [5.74, 6) is -1.43. The molecule has 0 radical (unpaired) electrons. The second-order valence-corrected chi connectivity index (χ2v) is 10.2. The lowest BCUT2D eigenvalue weighted by atomic mass is 9.45. The van der Waals surface area contributed by atoms with Crippen LogP contribution < -0.4 is 0 Å². The summed E-state index contributed by atoms with van der Waals surface area (Å²) < 4.78 is 29.2. The maximum Gasteiger partial charge on any atom is 0.305 e. The molecule has 2 aliphatic carbocycles. The zero-order chi connectivity index (χ0) is 26.1. The standard InChI is InChI=1S/C27H38O8/c1-9-15(2)10-11-26(7)16(3)12-23(31-8)27-21(13-20(14-22(26)27)32-17(4)28)24(33-18(5)29)35-25(27)34-19(6)30/h9,13,16,20,22-25H,1-2,10-12,14H2,3-8H3/t16-,20-,22+,23+,24+,25-,26-,27+/m0/s1. The van der Waals surface area contributed by atoms with Crippen molar-refractivity contribution in [1.82, 2.24) is 0 Å². The molecule has 1 heterocycles. The van der Waals surface area contributed by atoms with Crippen LogP contribution in [0, 0.1) is 22.7 Å². The van der Waals surface area contributed by atoms with Crippen LogP contribution in [0.5, 0.6) is 0 Å². The molecule has 0 N–H and O–H groups in total. The number of esters is 3. The Morgan fingerprint density at radius 1 is 1.11 bits per heavy atom. The lowest BCUT2D eigenvalue weighted by Gasteiger charge is -2.61. The first kappa shape index (κ1) is 27.1. The second-order valence-electron chi connectivity index (χ2n) is 10.2. The highest BCUT2D eigenvalue weighted by Gasteiger charge is 2.71. The highest BCUT2D eigenvalue weighted by atomic mass is 16.8. The number of carbonyl (C=O) groups is 3. The van der Waals surface area contributed by atoms with Crippen molar-refractivity contribution >= 4 is 17.9 Å². The minimum absolute atomic E-state index is 0.185. The summed E-state index contributed by atoms with van der Waals surface area (Å²) in [6.45, 7) is 16.3. The van der Waals surface area contributed by atoms with E-state index in [1.165, 1.54) is 20.8 Å². The van der Waals surface area contributed by atoms with Gasteiger partial charge in [0.15, 0.2) is 0 Å². The molecule has 0 bridgehead atoms. The van der Waals surface area contributed by atoms with Gasteiger partial charge in [-0.2, -0.15) is 0 Å². The predicted octanol–water partition coefficient (Wildman–Crippen LogP) is 4.24. The molecule has 1 aliphatic heterocycles. The molecule has 3 aliphatic rings. The van der Waals surface area contributed by atoms with Crippen molar-refractivity contribution in [2.75, 3.05) is 7.11 Å². The smallest absolute Gasteiger partial charge is 0.305 e. The van der Waals surface area contributed by atoms with E-state index < -0.39 is 42.0 Å². The van der Waals surface area contributed by atoms with E-state index in [9.17, 15) is 14.4 Å². The first-order valence-electron chi connectivity index (χ1n) is 12.1. The third-order valence-corrected chi connectivity index (χ3v) is 8.24. The van der Waals surface area contributed by atoms with Crippen LogP contribution in [0.1, 0.15) is 60.3 Å². The van der Waals surface area contributed by atoms with Gasteiger partial charge in [-0.05, 0) is 49.0 Å².